The van der Waals surface area contributed by atoms with Crippen LogP contribution >= 0.6 is 0 Å². The zero-order chi connectivity index (χ0) is 12.9. The SMILES string of the molecule is CC(CN)CC(=O)NC1(CC(=O)O)CCCC1. The molecular formula is C12H22N2O3. The van der Waals surface area contributed by atoms with Crippen LogP contribution in [0.3, 0.4) is 0 Å². The first kappa shape index (κ1) is 14.0. The standard InChI is InChI=1S/C12H22N2O3/c1-9(8-13)6-10(15)14-12(7-11(16)17)4-2-3-5-12/h9H,2-8,13H2,1H3,(H,14,15)(H,16,17). The van der Waals surface area contributed by atoms with Crippen molar-refractivity contribution in [3.05, 3.63) is 0 Å². The molecule has 17 heavy (non-hydrogen) atoms. The highest BCUT2D eigenvalue weighted by molar-refractivity contribution is 5.78. The molecule has 1 unspecified atom stereocenters. The van der Waals surface area contributed by atoms with Crippen molar-refractivity contribution < 1.29 is 14.7 Å². The first-order chi connectivity index (χ1) is 7.97. The first-order valence-electron chi connectivity index (χ1n) is 6.20. The Morgan fingerprint density at radius 1 is 1.41 bits per heavy atom. The van der Waals surface area contributed by atoms with Crippen molar-refractivity contribution in [1.29, 1.82) is 0 Å². The van der Waals surface area contributed by atoms with Gasteiger partial charge in [-0.3, -0.25) is 9.59 Å². The molecule has 0 saturated heterocycles. The van der Waals surface area contributed by atoms with Crippen LogP contribution in [0, 0.1) is 5.92 Å². The summed E-state index contributed by atoms with van der Waals surface area (Å²) >= 11 is 0. The molecule has 98 valence electrons. The van der Waals surface area contributed by atoms with Crippen molar-refractivity contribution in [2.75, 3.05) is 6.54 Å². The highest BCUT2D eigenvalue weighted by Gasteiger charge is 2.37. The second-order valence-corrected chi connectivity index (χ2v) is 5.15. The van der Waals surface area contributed by atoms with Crippen molar-refractivity contribution in [1.82, 2.24) is 5.32 Å². The molecule has 5 heteroatoms. The van der Waals surface area contributed by atoms with Gasteiger partial charge in [-0.2, -0.15) is 0 Å². The summed E-state index contributed by atoms with van der Waals surface area (Å²) in [5.41, 5.74) is 4.95. The van der Waals surface area contributed by atoms with Crippen molar-refractivity contribution >= 4 is 11.9 Å². The van der Waals surface area contributed by atoms with E-state index >= 15 is 0 Å². The second kappa shape index (κ2) is 6.00. The molecule has 0 radical (unpaired) electrons. The fourth-order valence-corrected chi connectivity index (χ4v) is 2.43. The average Bonchev–Trinajstić information content (AvgIpc) is 2.64. The van der Waals surface area contributed by atoms with Gasteiger partial charge in [-0.05, 0) is 25.3 Å². The van der Waals surface area contributed by atoms with Gasteiger partial charge in [0, 0.05) is 6.42 Å². The third kappa shape index (κ3) is 4.34. The van der Waals surface area contributed by atoms with Gasteiger partial charge in [0.25, 0.3) is 0 Å². The number of nitrogens with two attached hydrogens (primary N) is 1. The highest BCUT2D eigenvalue weighted by Crippen LogP contribution is 2.32. The predicted octanol–water partition coefficient (Wildman–Crippen LogP) is 0.875. The van der Waals surface area contributed by atoms with Crippen LogP contribution in [0.15, 0.2) is 0 Å². The molecule has 0 spiro atoms. The number of carboxylic acids is 1. The van der Waals surface area contributed by atoms with Crippen molar-refractivity contribution in [3.8, 4) is 0 Å². The summed E-state index contributed by atoms with van der Waals surface area (Å²) in [6.07, 6.45) is 3.90. The molecule has 4 N–H and O–H groups in total. The lowest BCUT2D eigenvalue weighted by Gasteiger charge is -2.29. The van der Waals surface area contributed by atoms with Gasteiger partial charge in [0.1, 0.15) is 0 Å². The van der Waals surface area contributed by atoms with Crippen LogP contribution < -0.4 is 11.1 Å². The minimum atomic E-state index is -0.848. The summed E-state index contributed by atoms with van der Waals surface area (Å²) in [7, 11) is 0. The van der Waals surface area contributed by atoms with Gasteiger partial charge in [-0.25, -0.2) is 0 Å². The van der Waals surface area contributed by atoms with Gasteiger partial charge in [0.2, 0.25) is 5.91 Å². The van der Waals surface area contributed by atoms with E-state index in [4.69, 9.17) is 10.8 Å². The Morgan fingerprint density at radius 2 is 2.00 bits per heavy atom. The van der Waals surface area contributed by atoms with Gasteiger partial charge in [-0.15, -0.1) is 0 Å². The Labute approximate surface area is 102 Å². The van der Waals surface area contributed by atoms with E-state index in [1.54, 1.807) is 0 Å². The molecule has 0 aromatic carbocycles. The number of amides is 1. The number of rotatable bonds is 6. The topological polar surface area (TPSA) is 92.4 Å². The van der Waals surface area contributed by atoms with E-state index in [9.17, 15) is 9.59 Å². The molecule has 0 aromatic heterocycles. The number of carbonyl (C=O) groups excluding carboxylic acids is 1. The lowest BCUT2D eigenvalue weighted by molar-refractivity contribution is -0.139. The third-order valence-electron chi connectivity index (χ3n) is 3.39. The van der Waals surface area contributed by atoms with E-state index in [0.717, 1.165) is 25.7 Å². The van der Waals surface area contributed by atoms with Crippen LogP contribution in [-0.4, -0.2) is 29.1 Å². The predicted molar refractivity (Wildman–Crippen MR) is 64.4 cm³/mol. The van der Waals surface area contributed by atoms with Crippen LogP contribution in [0.4, 0.5) is 0 Å². The molecule has 1 rings (SSSR count). The Morgan fingerprint density at radius 3 is 2.47 bits per heavy atom. The molecule has 5 nitrogen and oxygen atoms in total. The first-order valence-corrected chi connectivity index (χ1v) is 6.20. The molecule has 0 heterocycles. The maximum Gasteiger partial charge on any atom is 0.305 e. The summed E-state index contributed by atoms with van der Waals surface area (Å²) < 4.78 is 0. The van der Waals surface area contributed by atoms with Gasteiger partial charge in [0.05, 0.1) is 12.0 Å². The van der Waals surface area contributed by atoms with Crippen LogP contribution in [0.25, 0.3) is 0 Å². The summed E-state index contributed by atoms with van der Waals surface area (Å²) in [6, 6.07) is 0. The molecule has 0 aromatic rings. The summed E-state index contributed by atoms with van der Waals surface area (Å²) in [5, 5.41) is 11.8. The Kier molecular flexibility index (Phi) is 4.93. The fourth-order valence-electron chi connectivity index (χ4n) is 2.43. The van der Waals surface area contributed by atoms with Gasteiger partial charge in [0.15, 0.2) is 0 Å². The zero-order valence-corrected chi connectivity index (χ0v) is 10.4. The molecule has 1 fully saturated rings. The van der Waals surface area contributed by atoms with Gasteiger partial charge in [-0.1, -0.05) is 19.8 Å². The number of aliphatic carboxylic acids is 1. The lowest BCUT2D eigenvalue weighted by atomic mass is 9.92. The van der Waals surface area contributed by atoms with Crippen molar-refractivity contribution in [2.45, 2.75) is 51.0 Å². The number of carboxylic acid groups (broad SMARTS) is 1. The molecule has 1 saturated carbocycles. The lowest BCUT2D eigenvalue weighted by Crippen LogP contribution is -2.48. The van der Waals surface area contributed by atoms with Crippen molar-refractivity contribution in [3.63, 3.8) is 0 Å². The highest BCUT2D eigenvalue weighted by atomic mass is 16.4. The third-order valence-corrected chi connectivity index (χ3v) is 3.39. The Balaban J connectivity index is 2.54. The van der Waals surface area contributed by atoms with E-state index in [-0.39, 0.29) is 18.2 Å². The molecule has 1 atom stereocenters. The fraction of sp³-hybridized carbons (Fsp3) is 0.833. The smallest absolute Gasteiger partial charge is 0.305 e. The van der Waals surface area contributed by atoms with Crippen LogP contribution in [-0.2, 0) is 9.59 Å². The van der Waals surface area contributed by atoms with E-state index in [2.05, 4.69) is 5.32 Å². The molecule has 0 aliphatic heterocycles. The molecule has 1 aliphatic carbocycles. The number of nitrogens with one attached hydrogen (secondary N) is 1. The molecule has 0 bridgehead atoms. The number of hydrogen-bond acceptors (Lipinski definition) is 3. The normalized spacial score (nSPS) is 19.9. The quantitative estimate of drug-likeness (QED) is 0.644. The molecule has 1 aliphatic rings. The van der Waals surface area contributed by atoms with E-state index in [1.165, 1.54) is 0 Å². The Bertz CT molecular complexity index is 285. The second-order valence-electron chi connectivity index (χ2n) is 5.15. The number of carbonyl (C=O) groups is 2. The zero-order valence-electron chi connectivity index (χ0n) is 10.4. The van der Waals surface area contributed by atoms with Crippen LogP contribution in [0.1, 0.15) is 45.4 Å². The van der Waals surface area contributed by atoms with Gasteiger partial charge >= 0.3 is 5.97 Å². The maximum absolute atomic E-state index is 11.8. The summed E-state index contributed by atoms with van der Waals surface area (Å²) in [4.78, 5) is 22.6. The van der Waals surface area contributed by atoms with E-state index in [0.29, 0.717) is 13.0 Å². The maximum atomic E-state index is 11.8. The van der Waals surface area contributed by atoms with Gasteiger partial charge < -0.3 is 16.2 Å². The average molecular weight is 242 g/mol. The summed E-state index contributed by atoms with van der Waals surface area (Å²) in [6.45, 7) is 2.39. The van der Waals surface area contributed by atoms with E-state index in [1.807, 2.05) is 6.92 Å². The van der Waals surface area contributed by atoms with Crippen LogP contribution in [0.2, 0.25) is 0 Å². The van der Waals surface area contributed by atoms with Crippen LogP contribution in [0.5, 0.6) is 0 Å². The monoisotopic (exact) mass is 242 g/mol. The summed E-state index contributed by atoms with van der Waals surface area (Å²) in [5.74, 6) is -0.788. The molecular weight excluding hydrogens is 220 g/mol. The Hall–Kier alpha value is -1.10. The largest absolute Gasteiger partial charge is 0.481 e. The minimum absolute atomic E-state index is 0.0236. The van der Waals surface area contributed by atoms with E-state index < -0.39 is 11.5 Å². The minimum Gasteiger partial charge on any atom is -0.481 e. The number of hydrogen-bond donors (Lipinski definition) is 3. The molecule has 1 amide bonds. The van der Waals surface area contributed by atoms with Crippen molar-refractivity contribution in [2.24, 2.45) is 11.7 Å².